The first-order valence-corrected chi connectivity index (χ1v) is 5.51. The summed E-state index contributed by atoms with van der Waals surface area (Å²) in [4.78, 5) is 2.37. The Kier molecular flexibility index (Phi) is 4.90. The number of halogens is 1. The van der Waals surface area contributed by atoms with Crippen LogP contribution in [0.3, 0.4) is 0 Å². The Morgan fingerprint density at radius 3 is 2.25 bits per heavy atom. The van der Waals surface area contributed by atoms with E-state index in [1.54, 1.807) is 12.1 Å². The molecule has 16 heavy (non-hydrogen) atoms. The van der Waals surface area contributed by atoms with Gasteiger partial charge in [0.2, 0.25) is 0 Å². The van der Waals surface area contributed by atoms with E-state index in [0.717, 1.165) is 13.1 Å². The fourth-order valence-corrected chi connectivity index (χ4v) is 2.09. The van der Waals surface area contributed by atoms with Gasteiger partial charge in [-0.2, -0.15) is 0 Å². The summed E-state index contributed by atoms with van der Waals surface area (Å²) in [6.07, 6.45) is 2.38. The summed E-state index contributed by atoms with van der Waals surface area (Å²) in [5.74, 6) is 0.337. The van der Waals surface area contributed by atoms with Gasteiger partial charge in [0, 0.05) is 24.8 Å². The Balaban J connectivity index is 0.00000128. The third-order valence-electron chi connectivity index (χ3n) is 3.12. The van der Waals surface area contributed by atoms with Crippen molar-refractivity contribution in [2.45, 2.75) is 18.9 Å². The maximum absolute atomic E-state index is 9.21. The van der Waals surface area contributed by atoms with Crippen molar-refractivity contribution in [3.63, 3.8) is 0 Å². The molecule has 1 fully saturated rings. The highest BCUT2D eigenvalue weighted by Crippen LogP contribution is 2.22. The molecule has 0 saturated carbocycles. The van der Waals surface area contributed by atoms with Gasteiger partial charge in [-0.1, -0.05) is 0 Å². The molecular formula is C12H19ClN2O. The average Bonchev–Trinajstić information content (AvgIpc) is 2.30. The molecule has 4 heteroatoms. The first kappa shape index (κ1) is 13.1. The normalized spacial score (nSPS) is 16.9. The number of nitrogens with zero attached hydrogens (tertiary/aromatic N) is 1. The van der Waals surface area contributed by atoms with E-state index in [0.29, 0.717) is 11.8 Å². The van der Waals surface area contributed by atoms with Crippen LogP contribution < -0.4 is 10.2 Å². The van der Waals surface area contributed by atoms with Crippen LogP contribution in [0.15, 0.2) is 24.3 Å². The van der Waals surface area contributed by atoms with Crippen LogP contribution in [0.1, 0.15) is 12.8 Å². The second-order valence-electron chi connectivity index (χ2n) is 4.07. The number of nitrogens with one attached hydrogen (secondary N) is 1. The summed E-state index contributed by atoms with van der Waals surface area (Å²) in [7, 11) is 2.03. The molecule has 0 atom stereocenters. The lowest BCUT2D eigenvalue weighted by Gasteiger charge is -2.33. The van der Waals surface area contributed by atoms with Gasteiger partial charge in [-0.05, 0) is 44.2 Å². The minimum Gasteiger partial charge on any atom is -0.508 e. The fraction of sp³-hybridized carbons (Fsp3) is 0.500. The van der Waals surface area contributed by atoms with Crippen LogP contribution in [-0.4, -0.2) is 31.3 Å². The Labute approximate surface area is 103 Å². The molecule has 0 aliphatic carbocycles. The summed E-state index contributed by atoms with van der Waals surface area (Å²) in [6.45, 7) is 2.19. The third kappa shape index (κ3) is 3.03. The summed E-state index contributed by atoms with van der Waals surface area (Å²) < 4.78 is 0. The van der Waals surface area contributed by atoms with Gasteiger partial charge in [-0.15, -0.1) is 12.4 Å². The van der Waals surface area contributed by atoms with Gasteiger partial charge in [0.25, 0.3) is 0 Å². The van der Waals surface area contributed by atoms with Gasteiger partial charge in [-0.3, -0.25) is 0 Å². The summed E-state index contributed by atoms with van der Waals surface area (Å²) >= 11 is 0. The van der Waals surface area contributed by atoms with E-state index in [1.807, 2.05) is 19.2 Å². The number of piperidine rings is 1. The van der Waals surface area contributed by atoms with E-state index in [2.05, 4.69) is 10.2 Å². The first-order chi connectivity index (χ1) is 7.29. The van der Waals surface area contributed by atoms with Crippen LogP contribution >= 0.6 is 12.4 Å². The topological polar surface area (TPSA) is 35.5 Å². The number of hydrogen-bond acceptors (Lipinski definition) is 3. The molecule has 1 aliphatic heterocycles. The molecule has 1 saturated heterocycles. The highest BCUT2D eigenvalue weighted by Gasteiger charge is 2.17. The monoisotopic (exact) mass is 242 g/mol. The van der Waals surface area contributed by atoms with E-state index >= 15 is 0 Å². The molecule has 2 N–H and O–H groups in total. The number of phenolic OH excluding ortho intramolecular Hbond substituents is 1. The van der Waals surface area contributed by atoms with Gasteiger partial charge in [0.15, 0.2) is 0 Å². The van der Waals surface area contributed by atoms with E-state index in [9.17, 15) is 5.11 Å². The number of aromatic hydroxyl groups is 1. The predicted molar refractivity (Wildman–Crippen MR) is 69.6 cm³/mol. The lowest BCUT2D eigenvalue weighted by atomic mass is 10.0. The van der Waals surface area contributed by atoms with Crippen LogP contribution in [0.5, 0.6) is 5.75 Å². The minimum atomic E-state index is 0. The molecule has 0 spiro atoms. The van der Waals surface area contributed by atoms with Crippen molar-refractivity contribution in [2.75, 3.05) is 25.0 Å². The molecule has 90 valence electrons. The quantitative estimate of drug-likeness (QED) is 0.833. The first-order valence-electron chi connectivity index (χ1n) is 5.51. The number of benzene rings is 1. The molecule has 0 amide bonds. The van der Waals surface area contributed by atoms with Gasteiger partial charge < -0.3 is 15.3 Å². The van der Waals surface area contributed by atoms with Gasteiger partial charge in [-0.25, -0.2) is 0 Å². The van der Waals surface area contributed by atoms with Crippen LogP contribution in [0, 0.1) is 0 Å². The van der Waals surface area contributed by atoms with Crippen molar-refractivity contribution in [1.82, 2.24) is 5.32 Å². The number of phenols is 1. The Hall–Kier alpha value is -0.930. The van der Waals surface area contributed by atoms with E-state index < -0.39 is 0 Å². The highest BCUT2D eigenvalue weighted by atomic mass is 35.5. The number of rotatable bonds is 2. The van der Waals surface area contributed by atoms with Crippen LogP contribution in [0.4, 0.5) is 5.69 Å². The minimum absolute atomic E-state index is 0. The summed E-state index contributed by atoms with van der Waals surface area (Å²) in [6, 6.07) is 8.13. The molecule has 3 nitrogen and oxygen atoms in total. The number of anilines is 1. The van der Waals surface area contributed by atoms with Gasteiger partial charge >= 0.3 is 0 Å². The molecule has 2 rings (SSSR count). The van der Waals surface area contributed by atoms with E-state index in [4.69, 9.17) is 0 Å². The molecule has 0 radical (unpaired) electrons. The molecule has 1 aliphatic rings. The van der Waals surface area contributed by atoms with E-state index in [-0.39, 0.29) is 12.4 Å². The molecule has 1 heterocycles. The zero-order valence-corrected chi connectivity index (χ0v) is 10.3. The van der Waals surface area contributed by atoms with Crippen molar-refractivity contribution in [3.8, 4) is 5.75 Å². The third-order valence-corrected chi connectivity index (χ3v) is 3.12. The molecule has 1 aromatic rings. The maximum atomic E-state index is 9.21. The zero-order valence-electron chi connectivity index (χ0n) is 9.52. The van der Waals surface area contributed by atoms with Crippen molar-refractivity contribution in [3.05, 3.63) is 24.3 Å². The SMILES string of the molecule is CNC1CCN(c2ccc(O)cc2)CC1.Cl. The second-order valence-corrected chi connectivity index (χ2v) is 4.07. The van der Waals surface area contributed by atoms with Crippen LogP contribution in [0.2, 0.25) is 0 Å². The largest absolute Gasteiger partial charge is 0.508 e. The van der Waals surface area contributed by atoms with Gasteiger partial charge in [0.05, 0.1) is 0 Å². The van der Waals surface area contributed by atoms with Crippen LogP contribution in [-0.2, 0) is 0 Å². The smallest absolute Gasteiger partial charge is 0.115 e. The molecular weight excluding hydrogens is 224 g/mol. The fourth-order valence-electron chi connectivity index (χ4n) is 2.09. The van der Waals surface area contributed by atoms with Crippen molar-refractivity contribution >= 4 is 18.1 Å². The number of hydrogen-bond donors (Lipinski definition) is 2. The molecule has 0 aromatic heterocycles. The molecule has 1 aromatic carbocycles. The highest BCUT2D eigenvalue weighted by molar-refractivity contribution is 5.85. The molecule has 0 unspecified atom stereocenters. The molecule has 0 bridgehead atoms. The summed E-state index contributed by atoms with van der Waals surface area (Å²) in [5, 5.41) is 12.5. The Morgan fingerprint density at radius 2 is 1.75 bits per heavy atom. The van der Waals surface area contributed by atoms with Crippen molar-refractivity contribution < 1.29 is 5.11 Å². The van der Waals surface area contributed by atoms with Crippen LogP contribution in [0.25, 0.3) is 0 Å². The van der Waals surface area contributed by atoms with Crippen molar-refractivity contribution in [1.29, 1.82) is 0 Å². The predicted octanol–water partition coefficient (Wildman–Crippen LogP) is 2.00. The maximum Gasteiger partial charge on any atom is 0.115 e. The lowest BCUT2D eigenvalue weighted by Crippen LogP contribution is -2.41. The van der Waals surface area contributed by atoms with E-state index in [1.165, 1.54) is 18.5 Å². The Bertz CT molecular complexity index is 307. The van der Waals surface area contributed by atoms with Crippen molar-refractivity contribution in [2.24, 2.45) is 0 Å². The van der Waals surface area contributed by atoms with Gasteiger partial charge in [0.1, 0.15) is 5.75 Å². The lowest BCUT2D eigenvalue weighted by molar-refractivity contribution is 0.442. The second kappa shape index (κ2) is 5.97. The Morgan fingerprint density at radius 1 is 1.19 bits per heavy atom. The standard InChI is InChI=1S/C12H18N2O.ClH/c1-13-10-6-8-14(9-7-10)11-2-4-12(15)5-3-11;/h2-5,10,13,15H,6-9H2,1H3;1H. The average molecular weight is 243 g/mol. The zero-order chi connectivity index (χ0) is 10.7. The summed E-state index contributed by atoms with van der Waals surface area (Å²) in [5.41, 5.74) is 1.21.